The molecule has 0 atom stereocenters. The van der Waals surface area contributed by atoms with Crippen LogP contribution in [0.1, 0.15) is 23.2 Å². The van der Waals surface area contributed by atoms with E-state index in [0.717, 1.165) is 30.6 Å². The normalized spacial score (nSPS) is 14.7. The van der Waals surface area contributed by atoms with Gasteiger partial charge in [-0.3, -0.25) is 5.32 Å². The highest BCUT2D eigenvalue weighted by atomic mass is 32.1. The van der Waals surface area contributed by atoms with Crippen LogP contribution in [0.25, 0.3) is 10.2 Å². The number of aromatic carboxylic acids is 1. The number of likely N-dealkylation sites (tertiary alicyclic amines) is 1. The van der Waals surface area contributed by atoms with Gasteiger partial charge in [-0.25, -0.2) is 14.6 Å². The maximum Gasteiger partial charge on any atom is 0.335 e. The zero-order valence-electron chi connectivity index (χ0n) is 10.6. The van der Waals surface area contributed by atoms with E-state index in [9.17, 15) is 9.59 Å². The van der Waals surface area contributed by atoms with Gasteiger partial charge in [-0.05, 0) is 31.0 Å². The number of amides is 2. The second-order valence-electron chi connectivity index (χ2n) is 4.63. The molecule has 0 bridgehead atoms. The van der Waals surface area contributed by atoms with Crippen molar-refractivity contribution in [1.82, 2.24) is 9.88 Å². The van der Waals surface area contributed by atoms with Gasteiger partial charge in [0, 0.05) is 13.1 Å². The maximum atomic E-state index is 12.0. The quantitative estimate of drug-likeness (QED) is 0.891. The van der Waals surface area contributed by atoms with Crippen LogP contribution in [0.3, 0.4) is 0 Å². The van der Waals surface area contributed by atoms with Gasteiger partial charge in [0.2, 0.25) is 0 Å². The SMILES string of the molecule is O=C(O)c1ccc2nc(NC(=O)N3CCCC3)sc2c1. The monoisotopic (exact) mass is 291 g/mol. The molecule has 1 aromatic heterocycles. The van der Waals surface area contributed by atoms with Gasteiger partial charge in [0.05, 0.1) is 15.8 Å². The van der Waals surface area contributed by atoms with Gasteiger partial charge in [-0.1, -0.05) is 11.3 Å². The number of benzene rings is 1. The number of carboxylic acids is 1. The summed E-state index contributed by atoms with van der Waals surface area (Å²) >= 11 is 1.28. The molecule has 1 fully saturated rings. The molecule has 3 rings (SSSR count). The molecule has 2 N–H and O–H groups in total. The molecule has 6 nitrogen and oxygen atoms in total. The summed E-state index contributed by atoms with van der Waals surface area (Å²) in [6, 6.07) is 4.60. The summed E-state index contributed by atoms with van der Waals surface area (Å²) in [5.74, 6) is -0.969. The summed E-state index contributed by atoms with van der Waals surface area (Å²) in [7, 11) is 0. The Morgan fingerprint density at radius 1 is 1.30 bits per heavy atom. The van der Waals surface area contributed by atoms with Crippen LogP contribution in [-0.2, 0) is 0 Å². The summed E-state index contributed by atoms with van der Waals surface area (Å²) in [6.07, 6.45) is 2.07. The van der Waals surface area contributed by atoms with Crippen molar-refractivity contribution in [1.29, 1.82) is 0 Å². The molecular formula is C13H13N3O3S. The van der Waals surface area contributed by atoms with Crippen LogP contribution < -0.4 is 5.32 Å². The number of nitrogens with zero attached hydrogens (tertiary/aromatic N) is 2. The van der Waals surface area contributed by atoms with Gasteiger partial charge < -0.3 is 10.0 Å². The molecule has 0 spiro atoms. The number of fused-ring (bicyclic) bond motifs is 1. The lowest BCUT2D eigenvalue weighted by molar-refractivity contribution is 0.0697. The van der Waals surface area contributed by atoms with Gasteiger partial charge in [-0.15, -0.1) is 0 Å². The molecule has 1 aliphatic heterocycles. The van der Waals surface area contributed by atoms with E-state index in [0.29, 0.717) is 10.6 Å². The first-order chi connectivity index (χ1) is 9.63. The third-order valence-corrected chi connectivity index (χ3v) is 4.18. The smallest absolute Gasteiger partial charge is 0.335 e. The van der Waals surface area contributed by atoms with Crippen molar-refractivity contribution in [2.24, 2.45) is 0 Å². The zero-order chi connectivity index (χ0) is 14.1. The fourth-order valence-corrected chi connectivity index (χ4v) is 3.10. The van der Waals surface area contributed by atoms with Crippen LogP contribution in [0.5, 0.6) is 0 Å². The summed E-state index contributed by atoms with van der Waals surface area (Å²) < 4.78 is 0.752. The molecule has 2 heterocycles. The molecule has 1 aliphatic rings. The van der Waals surface area contributed by atoms with Gasteiger partial charge >= 0.3 is 12.0 Å². The number of carbonyl (C=O) groups excluding carboxylic acids is 1. The Balaban J connectivity index is 1.81. The zero-order valence-corrected chi connectivity index (χ0v) is 11.4. The van der Waals surface area contributed by atoms with E-state index in [-0.39, 0.29) is 11.6 Å². The van der Waals surface area contributed by atoms with E-state index in [2.05, 4.69) is 10.3 Å². The number of carbonyl (C=O) groups is 2. The Morgan fingerprint density at radius 3 is 2.75 bits per heavy atom. The van der Waals surface area contributed by atoms with Crippen LogP contribution >= 0.6 is 11.3 Å². The molecule has 0 aliphatic carbocycles. The van der Waals surface area contributed by atoms with Gasteiger partial charge in [0.1, 0.15) is 0 Å². The number of carboxylic acid groups (broad SMARTS) is 1. The fourth-order valence-electron chi connectivity index (χ4n) is 2.20. The molecule has 2 amide bonds. The number of hydrogen-bond acceptors (Lipinski definition) is 4. The summed E-state index contributed by atoms with van der Waals surface area (Å²) in [4.78, 5) is 28.9. The molecule has 7 heteroatoms. The summed E-state index contributed by atoms with van der Waals surface area (Å²) in [5, 5.41) is 12.2. The van der Waals surface area contributed by atoms with E-state index >= 15 is 0 Å². The van der Waals surface area contributed by atoms with Crippen LogP contribution in [0, 0.1) is 0 Å². The highest BCUT2D eigenvalue weighted by Crippen LogP contribution is 2.27. The van der Waals surface area contributed by atoms with Gasteiger partial charge in [-0.2, -0.15) is 0 Å². The molecule has 0 saturated carbocycles. The lowest BCUT2D eigenvalue weighted by Crippen LogP contribution is -2.32. The fraction of sp³-hybridized carbons (Fsp3) is 0.308. The van der Waals surface area contributed by atoms with Crippen molar-refractivity contribution in [3.05, 3.63) is 23.8 Å². The minimum Gasteiger partial charge on any atom is -0.478 e. The van der Waals surface area contributed by atoms with Crippen molar-refractivity contribution in [3.8, 4) is 0 Å². The Labute approximate surface area is 119 Å². The molecular weight excluding hydrogens is 278 g/mol. The molecule has 1 aromatic carbocycles. The minimum atomic E-state index is -0.969. The van der Waals surface area contributed by atoms with Crippen LogP contribution in [-0.4, -0.2) is 40.1 Å². The summed E-state index contributed by atoms with van der Waals surface area (Å²) in [5.41, 5.74) is 0.912. The standard InChI is InChI=1S/C13H13N3O3S/c17-11(18)8-3-4-9-10(7-8)20-12(14-9)15-13(19)16-5-1-2-6-16/h3-4,7H,1-2,5-6H2,(H,17,18)(H,14,15,19). The van der Waals surface area contributed by atoms with Gasteiger partial charge in [0.15, 0.2) is 5.13 Å². The lowest BCUT2D eigenvalue weighted by Gasteiger charge is -2.14. The van der Waals surface area contributed by atoms with E-state index in [4.69, 9.17) is 5.11 Å². The second-order valence-corrected chi connectivity index (χ2v) is 5.66. The number of thiazole rings is 1. The third kappa shape index (κ3) is 2.44. The highest BCUT2D eigenvalue weighted by molar-refractivity contribution is 7.22. The van der Waals surface area contributed by atoms with Gasteiger partial charge in [0.25, 0.3) is 0 Å². The molecule has 0 unspecified atom stereocenters. The predicted octanol–water partition coefficient (Wildman–Crippen LogP) is 2.62. The first kappa shape index (κ1) is 12.9. The Kier molecular flexibility index (Phi) is 3.27. The van der Waals surface area contributed by atoms with E-state index < -0.39 is 5.97 Å². The number of nitrogens with one attached hydrogen (secondary N) is 1. The Hall–Kier alpha value is -2.15. The highest BCUT2D eigenvalue weighted by Gasteiger charge is 2.19. The van der Waals surface area contributed by atoms with E-state index in [1.807, 2.05) is 0 Å². The van der Waals surface area contributed by atoms with Crippen molar-refractivity contribution >= 4 is 38.7 Å². The second kappa shape index (κ2) is 5.09. The van der Waals surface area contributed by atoms with Crippen molar-refractivity contribution < 1.29 is 14.7 Å². The summed E-state index contributed by atoms with van der Waals surface area (Å²) in [6.45, 7) is 1.56. The van der Waals surface area contributed by atoms with Crippen molar-refractivity contribution in [2.45, 2.75) is 12.8 Å². The number of rotatable bonds is 2. The lowest BCUT2D eigenvalue weighted by atomic mass is 10.2. The number of urea groups is 1. The largest absolute Gasteiger partial charge is 0.478 e. The van der Waals surface area contributed by atoms with Crippen LogP contribution in [0.4, 0.5) is 9.93 Å². The molecule has 0 radical (unpaired) electrons. The predicted molar refractivity (Wildman–Crippen MR) is 76.4 cm³/mol. The molecule has 20 heavy (non-hydrogen) atoms. The Bertz CT molecular complexity index is 677. The van der Waals surface area contributed by atoms with Crippen LogP contribution in [0.15, 0.2) is 18.2 Å². The minimum absolute atomic E-state index is 0.139. The Morgan fingerprint density at radius 2 is 2.05 bits per heavy atom. The first-order valence-corrected chi connectivity index (χ1v) is 7.15. The van der Waals surface area contributed by atoms with Crippen molar-refractivity contribution in [2.75, 3.05) is 18.4 Å². The average Bonchev–Trinajstić information content (AvgIpc) is 3.06. The molecule has 1 saturated heterocycles. The first-order valence-electron chi connectivity index (χ1n) is 6.33. The third-order valence-electron chi connectivity index (χ3n) is 3.24. The number of aromatic nitrogens is 1. The maximum absolute atomic E-state index is 12.0. The average molecular weight is 291 g/mol. The number of anilines is 1. The van der Waals surface area contributed by atoms with E-state index in [1.165, 1.54) is 17.4 Å². The van der Waals surface area contributed by atoms with Crippen molar-refractivity contribution in [3.63, 3.8) is 0 Å². The van der Waals surface area contributed by atoms with E-state index in [1.54, 1.807) is 17.0 Å². The topological polar surface area (TPSA) is 82.5 Å². The molecule has 104 valence electrons. The molecule has 2 aromatic rings. The number of hydrogen-bond donors (Lipinski definition) is 2. The van der Waals surface area contributed by atoms with Crippen LogP contribution in [0.2, 0.25) is 0 Å².